The summed E-state index contributed by atoms with van der Waals surface area (Å²) in [6.45, 7) is 24.5. The molecule has 0 aliphatic carbocycles. The maximum absolute atomic E-state index is 10.0. The summed E-state index contributed by atoms with van der Waals surface area (Å²) in [7, 11) is -2.38. The van der Waals surface area contributed by atoms with Crippen molar-refractivity contribution < 1.29 is 52.0 Å². The van der Waals surface area contributed by atoms with Crippen molar-refractivity contribution in [2.75, 3.05) is 7.15 Å². The highest BCUT2D eigenvalue weighted by Gasteiger charge is 2.64. The Balaban J connectivity index is 0.000000122. The smallest absolute Gasteiger partial charge is 0.495 e. The van der Waals surface area contributed by atoms with E-state index in [1.165, 1.54) is 24.7 Å². The van der Waals surface area contributed by atoms with E-state index in [1.807, 2.05) is 213 Å². The van der Waals surface area contributed by atoms with Crippen molar-refractivity contribution >= 4 is 179 Å². The van der Waals surface area contributed by atoms with Crippen LogP contribution in [-0.4, -0.2) is 67.0 Å². The van der Waals surface area contributed by atoms with Crippen LogP contribution in [0.5, 0.6) is 5.75 Å². The largest absolute Gasteiger partial charge is 0.507 e. The molecule has 19 heteroatoms. The third-order valence-electron chi connectivity index (χ3n) is 23.3. The molecule has 20 rings (SSSR count). The van der Waals surface area contributed by atoms with Crippen molar-refractivity contribution in [1.29, 1.82) is 0 Å². The average molecular weight is 1990 g/mol. The SMILES string of the molecule is Brc1ccc(-c2ccccc2)c2oc3ccccc3c12.Brc1ccccc1-c1ccc(-c2ccccc2)c2oc3ccccc3c12.Brc1ccccc1I.CC1(C)OB(B2OC(C)(C)C(C)(C)O2)OC1(C)C.CC1(C)OB(c2ccc(-c3ccccc3)c3oc4ccccc4c23)OC1(C)C.Oc1ccccc1-c1cc(-c2ccccc2)ccc1Br.[2H]CF. The summed E-state index contributed by atoms with van der Waals surface area (Å²) >= 11 is 16.6. The molecule has 0 radical (unpaired) electrons. The Labute approximate surface area is 763 Å². The molecule has 0 saturated carbocycles. The average Bonchev–Trinajstić information content (AvgIpc) is 1.60. The van der Waals surface area contributed by atoms with E-state index in [0.717, 1.165) is 135 Å². The van der Waals surface area contributed by atoms with Crippen LogP contribution in [0.15, 0.2) is 353 Å². The van der Waals surface area contributed by atoms with Gasteiger partial charge in [0.2, 0.25) is 0 Å². The standard InChI is InChI=1S/C24H23BO3.C24H15BrO.C18H11BrO.C18H13BrO.C12H24B2O4.C6H4BrI.CH3F/c1-23(2)24(3,4)28-25(27-23)19-15-14-17(16-10-6-5-7-11-16)22-21(19)18-12-8-9-13-20(18)26-22;25-21-12-6-4-10-18(21)19-15-14-17(16-8-2-1-3-9-16)24-23(19)20-11-5-7-13-22(20)26-24;19-15-11-10-13(12-6-2-1-3-7-12)18-17(15)14-8-4-5-9-16(14)20-18;19-17-11-10-14(13-6-2-1-3-7-13)12-16(17)15-8-4-5-9-18(15)20;1-9(2)10(3,4)16-13(15-9)14-17-11(5,6)12(7,8)18-14;7-5-3-1-2-4-6(5)8;1-2/h5-15H,1-4H3;1-15H;1-11H;1-12,20H;1-8H3;1-4H;1H3/i;;;;;;1D. The molecule has 1 N–H and O–H groups in total. The topological polar surface area (TPSA) is 115 Å². The van der Waals surface area contributed by atoms with E-state index in [2.05, 4.69) is 272 Å². The van der Waals surface area contributed by atoms with Crippen LogP contribution in [0.1, 0.15) is 84.5 Å². The number of rotatable bonds is 8. The number of benzene rings is 14. The lowest BCUT2D eigenvalue weighted by Gasteiger charge is -2.32. The highest BCUT2D eigenvalue weighted by atomic mass is 127. The zero-order valence-electron chi connectivity index (χ0n) is 70.9. The molecular weight excluding hydrogens is 1900 g/mol. The molecule has 122 heavy (non-hydrogen) atoms. The Hall–Kier alpha value is -9.19. The fourth-order valence-corrected chi connectivity index (χ4v) is 16.9. The van der Waals surface area contributed by atoms with Crippen molar-refractivity contribution in [2.45, 2.75) is 117 Å². The van der Waals surface area contributed by atoms with Gasteiger partial charge in [-0.15, -0.1) is 0 Å². The zero-order valence-corrected chi connectivity index (χ0v) is 78.4. The van der Waals surface area contributed by atoms with Crippen LogP contribution in [0.4, 0.5) is 4.39 Å². The molecule has 3 fully saturated rings. The fourth-order valence-electron chi connectivity index (χ4n) is 14.8. The van der Waals surface area contributed by atoms with Gasteiger partial charge in [0.25, 0.3) is 0 Å². The van der Waals surface area contributed by atoms with Crippen molar-refractivity contribution in [1.82, 2.24) is 0 Å². The second-order valence-electron chi connectivity index (χ2n) is 32.8. The second-order valence-corrected chi connectivity index (χ2v) is 37.4. The normalized spacial score (nSPS) is 15.6. The number of alkyl halides is 1. The zero-order chi connectivity index (χ0) is 87.2. The van der Waals surface area contributed by atoms with E-state index in [1.54, 1.807) is 6.07 Å². The number of phenolic OH excluding ortho intramolecular Hbond substituents is 1. The molecule has 0 amide bonds. The number of fused-ring (bicyclic) bond motifs is 9. The molecule has 0 spiro atoms. The minimum Gasteiger partial charge on any atom is -0.507 e. The first-order chi connectivity index (χ1) is 58.9. The third kappa shape index (κ3) is 18.9. The number of aromatic hydroxyl groups is 1. The van der Waals surface area contributed by atoms with E-state index in [-0.39, 0.29) is 33.6 Å². The summed E-state index contributed by atoms with van der Waals surface area (Å²) in [6, 6.07) is 109. The van der Waals surface area contributed by atoms with Crippen LogP contribution in [0.25, 0.3) is 133 Å². The molecule has 3 aliphatic heterocycles. The van der Waals surface area contributed by atoms with Gasteiger partial charge in [0.1, 0.15) is 39.2 Å². The molecule has 616 valence electrons. The second kappa shape index (κ2) is 37.7. The molecule has 6 heterocycles. The number of para-hydroxylation sites is 4. The first-order valence-electron chi connectivity index (χ1n) is 41.0. The highest BCUT2D eigenvalue weighted by Crippen LogP contribution is 2.48. The van der Waals surface area contributed by atoms with E-state index < -0.39 is 28.3 Å². The molecular formula is C103H93B3Br4FIO10. The van der Waals surface area contributed by atoms with Gasteiger partial charge in [0.05, 0.1) is 42.1 Å². The quantitative estimate of drug-likeness (QED) is 0.116. The molecule has 3 aliphatic rings. The van der Waals surface area contributed by atoms with E-state index in [0.29, 0.717) is 5.75 Å². The Morgan fingerprint density at radius 3 is 1.07 bits per heavy atom. The molecule has 0 bridgehead atoms. The maximum Gasteiger partial charge on any atom is 0.495 e. The monoisotopic (exact) mass is 1990 g/mol. The molecule has 0 atom stereocenters. The Kier molecular flexibility index (Phi) is 27.1. The molecule has 14 aromatic carbocycles. The molecule has 10 nitrogen and oxygen atoms in total. The van der Waals surface area contributed by atoms with Crippen LogP contribution in [0.3, 0.4) is 0 Å². The van der Waals surface area contributed by atoms with Gasteiger partial charge in [-0.05, 0) is 239 Å². The summed E-state index contributed by atoms with van der Waals surface area (Å²) in [5, 5.41) is 16.8. The van der Waals surface area contributed by atoms with Gasteiger partial charge in [-0.2, -0.15) is 0 Å². The number of hydrogen-bond donors (Lipinski definition) is 1. The summed E-state index contributed by atoms with van der Waals surface area (Å²) < 4.78 is 76.4. The number of furan rings is 3. The van der Waals surface area contributed by atoms with Crippen molar-refractivity contribution in [3.05, 3.63) is 343 Å². The predicted octanol–water partition coefficient (Wildman–Crippen LogP) is 30.6. The van der Waals surface area contributed by atoms with E-state index in [4.69, 9.17) is 42.5 Å². The molecule has 3 saturated heterocycles. The highest BCUT2D eigenvalue weighted by molar-refractivity contribution is 14.1. The van der Waals surface area contributed by atoms with Gasteiger partial charge >= 0.3 is 21.1 Å². The van der Waals surface area contributed by atoms with Gasteiger partial charge in [-0.3, -0.25) is 4.39 Å². The number of hydrogen-bond acceptors (Lipinski definition) is 10. The summed E-state index contributed by atoms with van der Waals surface area (Å²) in [5.74, 6) is 0.290. The van der Waals surface area contributed by atoms with Crippen LogP contribution in [0.2, 0.25) is 0 Å². The molecule has 17 aromatic rings. The lowest BCUT2D eigenvalue weighted by molar-refractivity contribution is 0.00578. The molecule has 3 aromatic heterocycles. The number of halogens is 6. The Morgan fingerprint density at radius 1 is 0.295 bits per heavy atom. The maximum atomic E-state index is 10.0. The lowest BCUT2D eigenvalue weighted by Crippen LogP contribution is -2.41. The minimum absolute atomic E-state index is 0.290. The van der Waals surface area contributed by atoms with Crippen molar-refractivity contribution in [3.8, 4) is 72.5 Å². The van der Waals surface area contributed by atoms with Crippen molar-refractivity contribution in [3.63, 3.8) is 0 Å². The van der Waals surface area contributed by atoms with Crippen LogP contribution in [-0.2, 0) is 27.9 Å². The summed E-state index contributed by atoms with van der Waals surface area (Å²) in [6.07, 6.45) is 0. The van der Waals surface area contributed by atoms with Gasteiger partial charge in [0.15, 0.2) is 0 Å². The Morgan fingerprint density at radius 2 is 0.623 bits per heavy atom. The van der Waals surface area contributed by atoms with E-state index in [9.17, 15) is 9.50 Å². The van der Waals surface area contributed by atoms with E-state index >= 15 is 0 Å². The van der Waals surface area contributed by atoms with Gasteiger partial charge in [-0.25, -0.2) is 0 Å². The summed E-state index contributed by atoms with van der Waals surface area (Å²) in [5.41, 5.74) is 17.5. The first-order valence-corrected chi connectivity index (χ1v) is 44.5. The van der Waals surface area contributed by atoms with Gasteiger partial charge < -0.3 is 46.3 Å². The lowest BCUT2D eigenvalue weighted by atomic mass is 9.49. The predicted molar refractivity (Wildman–Crippen MR) is 527 cm³/mol. The van der Waals surface area contributed by atoms with Gasteiger partial charge in [0, 0.05) is 81.6 Å². The fraction of sp³-hybridized carbons (Fsp3) is 0.184. The third-order valence-corrected chi connectivity index (χ3v) is 27.8. The Bertz CT molecular complexity index is 6450. The number of phenols is 1. The van der Waals surface area contributed by atoms with Gasteiger partial charge in [-0.1, -0.05) is 297 Å². The van der Waals surface area contributed by atoms with Crippen LogP contribution < -0.4 is 5.46 Å². The molecule has 0 unspecified atom stereocenters. The first kappa shape index (κ1) is 87.7. The van der Waals surface area contributed by atoms with Crippen LogP contribution in [0, 0.1) is 3.57 Å². The van der Waals surface area contributed by atoms with Crippen LogP contribution >= 0.6 is 86.3 Å². The minimum atomic E-state index is -1.00. The summed E-state index contributed by atoms with van der Waals surface area (Å²) in [4.78, 5) is 0. The van der Waals surface area contributed by atoms with Crippen molar-refractivity contribution in [2.24, 2.45) is 0 Å².